The number of rotatable bonds is 5. The standard InChI is InChI=1S/C20H19N5OS/c1-13-7-9-15(10-8-13)11-17-18(26)21-19-22-23-20(25(19)24-17)27-12-16-6-4-3-5-14(16)2/h3-10H,11-12H2,1-2H3,(H,21,22,26). The fourth-order valence-electron chi connectivity index (χ4n) is 2.79. The first kappa shape index (κ1) is 17.5. The normalized spacial score (nSPS) is 11.2. The summed E-state index contributed by atoms with van der Waals surface area (Å²) in [5.41, 5.74) is 4.92. The van der Waals surface area contributed by atoms with E-state index in [9.17, 15) is 4.79 Å². The van der Waals surface area contributed by atoms with Gasteiger partial charge in [-0.3, -0.25) is 9.78 Å². The molecule has 2 aromatic heterocycles. The van der Waals surface area contributed by atoms with Crippen molar-refractivity contribution in [3.05, 3.63) is 86.8 Å². The van der Waals surface area contributed by atoms with Gasteiger partial charge in [-0.15, -0.1) is 10.2 Å². The summed E-state index contributed by atoms with van der Waals surface area (Å²) in [6.45, 7) is 4.13. The number of thioether (sulfide) groups is 1. The second kappa shape index (κ2) is 7.36. The first-order chi connectivity index (χ1) is 13.1. The first-order valence-electron chi connectivity index (χ1n) is 8.67. The van der Waals surface area contributed by atoms with Crippen molar-refractivity contribution >= 4 is 17.5 Å². The Balaban J connectivity index is 1.62. The number of aryl methyl sites for hydroxylation is 2. The molecule has 0 radical (unpaired) electrons. The van der Waals surface area contributed by atoms with Crippen LogP contribution in [-0.4, -0.2) is 24.8 Å². The summed E-state index contributed by atoms with van der Waals surface area (Å²) < 4.78 is 1.62. The van der Waals surface area contributed by atoms with Crippen molar-refractivity contribution < 1.29 is 0 Å². The topological polar surface area (TPSA) is 75.9 Å². The molecule has 0 spiro atoms. The van der Waals surface area contributed by atoms with Gasteiger partial charge in [-0.25, -0.2) is 0 Å². The molecule has 0 saturated heterocycles. The predicted molar refractivity (Wildman–Crippen MR) is 106 cm³/mol. The van der Waals surface area contributed by atoms with Crippen molar-refractivity contribution in [1.82, 2.24) is 24.8 Å². The van der Waals surface area contributed by atoms with Gasteiger partial charge in [-0.05, 0) is 30.5 Å². The molecular formula is C20H19N5OS. The number of aromatic nitrogens is 5. The van der Waals surface area contributed by atoms with Crippen LogP contribution < -0.4 is 5.56 Å². The number of H-pyrrole nitrogens is 1. The lowest BCUT2D eigenvalue weighted by Gasteiger charge is -2.05. The Kier molecular flexibility index (Phi) is 4.77. The molecule has 27 heavy (non-hydrogen) atoms. The van der Waals surface area contributed by atoms with Crippen molar-refractivity contribution in [2.24, 2.45) is 0 Å². The van der Waals surface area contributed by atoms with Crippen molar-refractivity contribution in [3.63, 3.8) is 0 Å². The molecule has 1 N–H and O–H groups in total. The molecule has 136 valence electrons. The van der Waals surface area contributed by atoms with Crippen LogP contribution in [0.25, 0.3) is 5.78 Å². The monoisotopic (exact) mass is 377 g/mol. The van der Waals surface area contributed by atoms with E-state index in [0.717, 1.165) is 11.3 Å². The number of hydrogen-bond acceptors (Lipinski definition) is 5. The molecule has 0 bridgehead atoms. The average Bonchev–Trinajstić information content (AvgIpc) is 3.05. The van der Waals surface area contributed by atoms with Crippen LogP contribution in [0.5, 0.6) is 0 Å². The minimum Gasteiger partial charge on any atom is -0.288 e. The van der Waals surface area contributed by atoms with Crippen molar-refractivity contribution in [3.8, 4) is 0 Å². The third-order valence-electron chi connectivity index (χ3n) is 4.43. The zero-order valence-corrected chi connectivity index (χ0v) is 16.0. The molecule has 0 aliphatic rings. The lowest BCUT2D eigenvalue weighted by molar-refractivity contribution is 0.756. The van der Waals surface area contributed by atoms with E-state index in [0.29, 0.717) is 23.0 Å². The van der Waals surface area contributed by atoms with E-state index in [1.807, 2.05) is 43.3 Å². The molecule has 0 amide bonds. The van der Waals surface area contributed by atoms with E-state index in [1.54, 1.807) is 16.3 Å². The third-order valence-corrected chi connectivity index (χ3v) is 5.40. The largest absolute Gasteiger partial charge is 0.288 e. The molecule has 2 heterocycles. The van der Waals surface area contributed by atoms with Crippen LogP contribution in [-0.2, 0) is 12.2 Å². The van der Waals surface area contributed by atoms with E-state index in [-0.39, 0.29) is 5.56 Å². The zero-order valence-electron chi connectivity index (χ0n) is 15.1. The van der Waals surface area contributed by atoms with Gasteiger partial charge in [0.2, 0.25) is 5.16 Å². The van der Waals surface area contributed by atoms with Crippen molar-refractivity contribution in [2.75, 3.05) is 0 Å². The first-order valence-corrected chi connectivity index (χ1v) is 9.66. The number of nitrogens with one attached hydrogen (secondary N) is 1. The second-order valence-corrected chi connectivity index (χ2v) is 7.44. The lowest BCUT2D eigenvalue weighted by Crippen LogP contribution is -2.19. The summed E-state index contributed by atoms with van der Waals surface area (Å²) in [6.07, 6.45) is 0.464. The number of benzene rings is 2. The molecule has 0 atom stereocenters. The van der Waals surface area contributed by atoms with Gasteiger partial charge in [-0.1, -0.05) is 65.9 Å². The smallest absolute Gasteiger partial charge is 0.274 e. The minimum absolute atomic E-state index is 0.231. The Morgan fingerprint density at radius 3 is 2.59 bits per heavy atom. The van der Waals surface area contributed by atoms with Crippen LogP contribution in [0.1, 0.15) is 27.9 Å². The maximum atomic E-state index is 12.3. The molecule has 0 fully saturated rings. The molecule has 0 aliphatic carbocycles. The van der Waals surface area contributed by atoms with Crippen LogP contribution in [0.4, 0.5) is 0 Å². The van der Waals surface area contributed by atoms with E-state index in [2.05, 4.69) is 39.3 Å². The Labute approximate surface area is 160 Å². The molecule has 4 aromatic rings. The molecule has 4 rings (SSSR count). The van der Waals surface area contributed by atoms with Crippen LogP contribution >= 0.6 is 11.8 Å². The highest BCUT2D eigenvalue weighted by molar-refractivity contribution is 7.98. The minimum atomic E-state index is -0.231. The molecule has 2 aromatic carbocycles. The van der Waals surface area contributed by atoms with Gasteiger partial charge in [0.1, 0.15) is 5.69 Å². The fourth-order valence-corrected chi connectivity index (χ4v) is 3.75. The second-order valence-electron chi connectivity index (χ2n) is 6.50. The molecule has 0 saturated carbocycles. The summed E-state index contributed by atoms with van der Waals surface area (Å²) in [5.74, 6) is 1.13. The summed E-state index contributed by atoms with van der Waals surface area (Å²) in [6, 6.07) is 16.3. The molecular weight excluding hydrogens is 358 g/mol. The van der Waals surface area contributed by atoms with Gasteiger partial charge in [0.05, 0.1) is 0 Å². The van der Waals surface area contributed by atoms with Crippen LogP contribution in [0.3, 0.4) is 0 Å². The maximum Gasteiger partial charge on any atom is 0.274 e. The Morgan fingerprint density at radius 1 is 1.04 bits per heavy atom. The maximum absolute atomic E-state index is 12.3. The van der Waals surface area contributed by atoms with Crippen LogP contribution in [0.15, 0.2) is 58.5 Å². The van der Waals surface area contributed by atoms with Crippen molar-refractivity contribution in [1.29, 1.82) is 0 Å². The summed E-state index contributed by atoms with van der Waals surface area (Å²) in [4.78, 5) is 15.1. The number of hydrogen-bond donors (Lipinski definition) is 1. The SMILES string of the molecule is Cc1ccc(Cc2nn3c(SCc4ccccc4C)nnc3[nH]c2=O)cc1. The van der Waals surface area contributed by atoms with Gasteiger partial charge < -0.3 is 0 Å². The number of fused-ring (bicyclic) bond motifs is 1. The predicted octanol–water partition coefficient (Wildman–Crippen LogP) is 3.31. The third kappa shape index (κ3) is 3.78. The zero-order chi connectivity index (χ0) is 18.8. The average molecular weight is 377 g/mol. The highest BCUT2D eigenvalue weighted by atomic mass is 32.2. The van der Waals surface area contributed by atoms with Gasteiger partial charge in [0.15, 0.2) is 0 Å². The quantitative estimate of drug-likeness (QED) is 0.540. The van der Waals surface area contributed by atoms with Gasteiger partial charge >= 0.3 is 0 Å². The highest BCUT2D eigenvalue weighted by Gasteiger charge is 2.13. The molecule has 6 nitrogen and oxygen atoms in total. The fraction of sp³-hybridized carbons (Fsp3) is 0.200. The number of aromatic amines is 1. The van der Waals surface area contributed by atoms with Crippen LogP contribution in [0.2, 0.25) is 0 Å². The summed E-state index contributed by atoms with van der Waals surface area (Å²) >= 11 is 1.55. The molecule has 0 unspecified atom stereocenters. The Hall–Kier alpha value is -2.93. The number of nitrogens with zero attached hydrogens (tertiary/aromatic N) is 4. The highest BCUT2D eigenvalue weighted by Crippen LogP contribution is 2.22. The van der Waals surface area contributed by atoms with E-state index >= 15 is 0 Å². The molecule has 7 heteroatoms. The van der Waals surface area contributed by atoms with Gasteiger partial charge in [0, 0.05) is 12.2 Å². The van der Waals surface area contributed by atoms with Crippen molar-refractivity contribution in [2.45, 2.75) is 31.2 Å². The van der Waals surface area contributed by atoms with E-state index in [4.69, 9.17) is 0 Å². The van der Waals surface area contributed by atoms with Gasteiger partial charge in [0.25, 0.3) is 11.3 Å². The van der Waals surface area contributed by atoms with E-state index < -0.39 is 0 Å². The Morgan fingerprint density at radius 2 is 1.81 bits per heavy atom. The van der Waals surface area contributed by atoms with Crippen LogP contribution in [0, 0.1) is 13.8 Å². The summed E-state index contributed by atoms with van der Waals surface area (Å²) in [5, 5.41) is 13.4. The summed E-state index contributed by atoms with van der Waals surface area (Å²) in [7, 11) is 0. The lowest BCUT2D eigenvalue weighted by atomic mass is 10.1. The Bertz CT molecular complexity index is 1150. The van der Waals surface area contributed by atoms with Gasteiger partial charge in [-0.2, -0.15) is 9.61 Å². The molecule has 0 aliphatic heterocycles. The van der Waals surface area contributed by atoms with E-state index in [1.165, 1.54) is 16.7 Å².